The lowest BCUT2D eigenvalue weighted by Crippen LogP contribution is -2.28. The number of carbonyl (C=O) groups is 1. The Kier molecular flexibility index (Phi) is 4.74. The summed E-state index contributed by atoms with van der Waals surface area (Å²) in [7, 11) is 0. The number of alkyl halides is 1. The number of nitrogens with zero attached hydrogens (tertiary/aromatic N) is 4. The van der Waals surface area contributed by atoms with Crippen molar-refractivity contribution in [2.75, 3.05) is 13.1 Å². The molecule has 3 rings (SSSR count). The van der Waals surface area contributed by atoms with Gasteiger partial charge in [0, 0.05) is 18.4 Å². The lowest BCUT2D eigenvalue weighted by atomic mass is 10.2. The number of aliphatic hydroxyl groups excluding tert-OH is 1. The van der Waals surface area contributed by atoms with Crippen LogP contribution in [0, 0.1) is 11.3 Å². The topological polar surface area (TPSA) is 81.6 Å². The number of thiazole rings is 1. The van der Waals surface area contributed by atoms with Crippen molar-refractivity contribution < 1.29 is 14.3 Å². The van der Waals surface area contributed by atoms with Crippen molar-refractivity contribution in [2.45, 2.75) is 19.2 Å². The molecule has 0 radical (unpaired) electrons. The van der Waals surface area contributed by atoms with Gasteiger partial charge in [0.2, 0.25) is 0 Å². The molecular weight excluding hydrogens is 331 g/mol. The van der Waals surface area contributed by atoms with Gasteiger partial charge >= 0.3 is 6.03 Å². The Morgan fingerprint density at radius 3 is 2.79 bits per heavy atom. The van der Waals surface area contributed by atoms with Crippen LogP contribution in [-0.4, -0.2) is 39.9 Å². The highest BCUT2D eigenvalue weighted by atomic mass is 32.1. The highest BCUT2D eigenvalue weighted by Gasteiger charge is 2.25. The minimum atomic E-state index is -0.994. The largest absolute Gasteiger partial charge is 0.391 e. The first-order valence-electron chi connectivity index (χ1n) is 7.41. The zero-order chi connectivity index (χ0) is 17.1. The van der Waals surface area contributed by atoms with E-state index in [-0.39, 0.29) is 13.2 Å². The molecule has 1 aliphatic rings. The Balaban J connectivity index is 1.98. The number of benzene rings is 1. The fraction of sp³-hybridized carbons (Fsp3) is 0.312. The molecule has 0 saturated carbocycles. The zero-order valence-electron chi connectivity index (χ0n) is 12.7. The van der Waals surface area contributed by atoms with Gasteiger partial charge in [-0.25, -0.2) is 9.18 Å². The third kappa shape index (κ3) is 3.37. The molecular formula is C16H15FN4O2S. The second-order valence-electron chi connectivity index (χ2n) is 5.39. The number of nitriles is 1. The van der Waals surface area contributed by atoms with Gasteiger partial charge in [-0.2, -0.15) is 10.3 Å². The molecule has 1 atom stereocenters. The molecule has 1 saturated heterocycles. The van der Waals surface area contributed by atoms with Crippen LogP contribution in [0.25, 0.3) is 5.69 Å². The van der Waals surface area contributed by atoms with E-state index in [1.807, 2.05) is 6.07 Å². The first-order valence-corrected chi connectivity index (χ1v) is 8.23. The fourth-order valence-electron chi connectivity index (χ4n) is 2.47. The van der Waals surface area contributed by atoms with Crippen LogP contribution in [0.3, 0.4) is 0 Å². The van der Waals surface area contributed by atoms with Gasteiger partial charge in [0.25, 0.3) is 0 Å². The van der Waals surface area contributed by atoms with Crippen LogP contribution >= 0.6 is 11.3 Å². The molecule has 1 aromatic carbocycles. The third-order valence-electron chi connectivity index (χ3n) is 3.72. The Morgan fingerprint density at radius 1 is 1.46 bits per heavy atom. The normalized spacial score (nSPS) is 18.0. The van der Waals surface area contributed by atoms with Crippen molar-refractivity contribution in [1.29, 1.82) is 5.26 Å². The van der Waals surface area contributed by atoms with E-state index in [0.29, 0.717) is 28.2 Å². The van der Waals surface area contributed by atoms with Crippen LogP contribution in [0.1, 0.15) is 16.9 Å². The molecule has 6 nitrogen and oxygen atoms in total. The Labute approximate surface area is 141 Å². The van der Waals surface area contributed by atoms with Gasteiger partial charge in [-0.05, 0) is 30.7 Å². The number of hydrogen-bond acceptors (Lipinski definition) is 4. The standard InChI is InChI=1S/C16H15FN4O2S/c17-12-5-6-20(8-12)15(23)19-16-21(9-14(10-22)24-16)13-3-1-11(7-18)2-4-13/h1-4,9,12,22H,5-6,8,10H2/b19-16-/t12-/m1/s1. The maximum Gasteiger partial charge on any atom is 0.346 e. The second kappa shape index (κ2) is 6.95. The summed E-state index contributed by atoms with van der Waals surface area (Å²) in [6.07, 6.45) is 1.04. The summed E-state index contributed by atoms with van der Waals surface area (Å²) in [5, 5.41) is 18.2. The monoisotopic (exact) mass is 346 g/mol. The molecule has 2 heterocycles. The lowest BCUT2D eigenvalue weighted by Gasteiger charge is -2.10. The fourth-order valence-corrected chi connectivity index (χ4v) is 3.30. The maximum absolute atomic E-state index is 13.2. The van der Waals surface area contributed by atoms with E-state index in [9.17, 15) is 14.3 Å². The van der Waals surface area contributed by atoms with Crippen molar-refractivity contribution in [1.82, 2.24) is 9.47 Å². The first-order chi connectivity index (χ1) is 11.6. The summed E-state index contributed by atoms with van der Waals surface area (Å²) in [5.74, 6) is 0. The predicted octanol–water partition coefficient (Wildman–Crippen LogP) is 1.97. The molecule has 1 N–H and O–H groups in total. The summed E-state index contributed by atoms with van der Waals surface area (Å²) in [6.45, 7) is 0.261. The number of rotatable bonds is 2. The van der Waals surface area contributed by atoms with Gasteiger partial charge in [-0.3, -0.25) is 4.57 Å². The molecule has 2 aromatic rings. The number of amides is 2. The van der Waals surface area contributed by atoms with Crippen LogP contribution in [0.2, 0.25) is 0 Å². The number of aliphatic hydroxyl groups is 1. The summed E-state index contributed by atoms with van der Waals surface area (Å²) in [6, 6.07) is 8.37. The van der Waals surface area contributed by atoms with E-state index >= 15 is 0 Å². The van der Waals surface area contributed by atoms with Crippen LogP contribution in [0.5, 0.6) is 0 Å². The van der Waals surface area contributed by atoms with Crippen LogP contribution < -0.4 is 4.80 Å². The summed E-state index contributed by atoms with van der Waals surface area (Å²) in [4.78, 5) is 18.7. The van der Waals surface area contributed by atoms with Crippen molar-refractivity contribution >= 4 is 17.4 Å². The van der Waals surface area contributed by atoms with Crippen molar-refractivity contribution in [2.24, 2.45) is 4.99 Å². The van der Waals surface area contributed by atoms with Gasteiger partial charge in [-0.1, -0.05) is 11.3 Å². The van der Waals surface area contributed by atoms with E-state index in [1.165, 1.54) is 16.2 Å². The van der Waals surface area contributed by atoms with Crippen molar-refractivity contribution in [3.63, 3.8) is 0 Å². The smallest absolute Gasteiger partial charge is 0.346 e. The molecule has 24 heavy (non-hydrogen) atoms. The van der Waals surface area contributed by atoms with E-state index < -0.39 is 12.2 Å². The molecule has 0 spiro atoms. The minimum Gasteiger partial charge on any atom is -0.391 e. The van der Waals surface area contributed by atoms with E-state index in [2.05, 4.69) is 4.99 Å². The number of likely N-dealkylation sites (tertiary alicyclic amines) is 1. The first kappa shape index (κ1) is 16.4. The van der Waals surface area contributed by atoms with Crippen molar-refractivity contribution in [3.05, 3.63) is 45.7 Å². The predicted molar refractivity (Wildman–Crippen MR) is 86.3 cm³/mol. The van der Waals surface area contributed by atoms with Gasteiger partial charge in [0.15, 0.2) is 4.80 Å². The molecule has 0 bridgehead atoms. The van der Waals surface area contributed by atoms with Crippen LogP contribution in [0.4, 0.5) is 9.18 Å². The van der Waals surface area contributed by atoms with Crippen molar-refractivity contribution in [3.8, 4) is 11.8 Å². The lowest BCUT2D eigenvalue weighted by molar-refractivity contribution is 0.213. The molecule has 124 valence electrons. The molecule has 8 heteroatoms. The number of carbonyl (C=O) groups excluding carboxylic acids is 1. The summed E-state index contributed by atoms with van der Waals surface area (Å²) >= 11 is 1.19. The number of urea groups is 1. The highest BCUT2D eigenvalue weighted by Crippen LogP contribution is 2.15. The number of aromatic nitrogens is 1. The van der Waals surface area contributed by atoms with Gasteiger partial charge in [0.1, 0.15) is 6.17 Å². The van der Waals surface area contributed by atoms with E-state index in [1.54, 1.807) is 35.0 Å². The van der Waals surface area contributed by atoms with Gasteiger partial charge in [0.05, 0.1) is 29.7 Å². The third-order valence-corrected chi connectivity index (χ3v) is 4.69. The van der Waals surface area contributed by atoms with Crippen LogP contribution in [0.15, 0.2) is 35.5 Å². The van der Waals surface area contributed by atoms with Crippen LogP contribution in [-0.2, 0) is 6.61 Å². The van der Waals surface area contributed by atoms with Gasteiger partial charge in [-0.15, -0.1) is 0 Å². The Morgan fingerprint density at radius 2 is 2.21 bits per heavy atom. The molecule has 1 aliphatic heterocycles. The molecule has 0 unspecified atom stereocenters. The maximum atomic E-state index is 13.2. The summed E-state index contributed by atoms with van der Waals surface area (Å²) < 4.78 is 14.9. The quantitative estimate of drug-likeness (QED) is 0.902. The molecule has 2 amide bonds. The average molecular weight is 346 g/mol. The van der Waals surface area contributed by atoms with E-state index in [0.717, 1.165) is 5.69 Å². The van der Waals surface area contributed by atoms with Gasteiger partial charge < -0.3 is 10.0 Å². The zero-order valence-corrected chi connectivity index (χ0v) is 13.5. The highest BCUT2D eigenvalue weighted by molar-refractivity contribution is 7.09. The number of hydrogen-bond donors (Lipinski definition) is 1. The molecule has 1 fully saturated rings. The number of halogens is 1. The summed E-state index contributed by atoms with van der Waals surface area (Å²) in [5.41, 5.74) is 1.25. The van der Waals surface area contributed by atoms with E-state index in [4.69, 9.17) is 5.26 Å². The minimum absolute atomic E-state index is 0.0669. The molecule has 0 aliphatic carbocycles. The Hall–Kier alpha value is -2.50. The average Bonchev–Trinajstić information content (AvgIpc) is 3.21. The SMILES string of the molecule is N#Cc1ccc(-n2cc(CO)s/c2=N\C(=O)N2CC[C@@H](F)C2)cc1. The second-order valence-corrected chi connectivity index (χ2v) is 6.49. The Bertz CT molecular complexity index is 850. The molecule has 1 aromatic heterocycles.